The fourth-order valence-electron chi connectivity index (χ4n) is 2.54. The lowest BCUT2D eigenvalue weighted by Crippen LogP contribution is -2.49. The van der Waals surface area contributed by atoms with Gasteiger partial charge < -0.3 is 21.2 Å². The number of benzene rings is 1. The molecular weight excluding hydrogens is 312 g/mol. The van der Waals surface area contributed by atoms with E-state index in [9.17, 15) is 14.7 Å². The van der Waals surface area contributed by atoms with Gasteiger partial charge in [0.15, 0.2) is 5.84 Å². The molecule has 1 atom stereocenters. The first-order valence-electron chi connectivity index (χ1n) is 7.75. The quantitative estimate of drug-likeness (QED) is 0.317. The standard InChI is InChI=1S/C16H21N4O4/c1-10(16(23)20-8-6-13(21)7-9-20)18-15(22)12-4-2-11(3-5-12)14(17)19-24/h2-5,10,13,24H,6-9H2,1H3,(H2,17,19)(H,18,22)/t10-/m0/s1. The Morgan fingerprint density at radius 1 is 1.25 bits per heavy atom. The number of rotatable bonds is 4. The molecule has 0 bridgehead atoms. The molecule has 1 aliphatic heterocycles. The van der Waals surface area contributed by atoms with Crippen LogP contribution in [0.25, 0.3) is 0 Å². The highest BCUT2D eigenvalue weighted by Crippen LogP contribution is 2.12. The number of carbonyl (C=O) groups is 2. The Morgan fingerprint density at radius 3 is 2.33 bits per heavy atom. The number of hydrogen-bond acceptors (Lipinski definition) is 4. The first-order chi connectivity index (χ1) is 11.4. The highest BCUT2D eigenvalue weighted by Gasteiger charge is 2.26. The van der Waals surface area contributed by atoms with Gasteiger partial charge in [0.25, 0.3) is 5.91 Å². The van der Waals surface area contributed by atoms with E-state index in [1.807, 2.05) is 0 Å². The van der Waals surface area contributed by atoms with Crippen LogP contribution in [0.1, 0.15) is 35.7 Å². The van der Waals surface area contributed by atoms with E-state index >= 15 is 0 Å². The van der Waals surface area contributed by atoms with E-state index < -0.39 is 12.1 Å². The summed E-state index contributed by atoms with van der Waals surface area (Å²) in [6.07, 6.45) is 0.288. The molecule has 4 N–H and O–H groups in total. The maximum absolute atomic E-state index is 12.3. The van der Waals surface area contributed by atoms with Crippen LogP contribution in [0.5, 0.6) is 0 Å². The molecule has 8 heteroatoms. The van der Waals surface area contributed by atoms with Gasteiger partial charge in [0.1, 0.15) is 6.04 Å². The number of nitrogens with one attached hydrogen (secondary N) is 1. The summed E-state index contributed by atoms with van der Waals surface area (Å²) in [5.74, 6) is -0.628. The maximum Gasteiger partial charge on any atom is 0.251 e. The number of likely N-dealkylation sites (tertiary alicyclic amines) is 1. The smallest absolute Gasteiger partial charge is 0.251 e. The summed E-state index contributed by atoms with van der Waals surface area (Å²) in [7, 11) is 0. The van der Waals surface area contributed by atoms with E-state index in [2.05, 4.69) is 10.5 Å². The number of amidine groups is 1. The molecule has 2 amide bonds. The number of nitrogens with two attached hydrogens (primary N) is 1. The van der Waals surface area contributed by atoms with E-state index in [-0.39, 0.29) is 17.6 Å². The van der Waals surface area contributed by atoms with E-state index in [1.165, 1.54) is 12.1 Å². The van der Waals surface area contributed by atoms with E-state index in [0.29, 0.717) is 37.1 Å². The van der Waals surface area contributed by atoms with Crippen molar-refractivity contribution in [2.75, 3.05) is 13.1 Å². The summed E-state index contributed by atoms with van der Waals surface area (Å²) >= 11 is 0. The van der Waals surface area contributed by atoms with Gasteiger partial charge in [-0.25, -0.2) is 5.11 Å². The Labute approximate surface area is 139 Å². The third-order valence-electron chi connectivity index (χ3n) is 4.02. The summed E-state index contributed by atoms with van der Waals surface area (Å²) in [4.78, 5) is 26.1. The molecular formula is C16H21N4O4. The van der Waals surface area contributed by atoms with Crippen molar-refractivity contribution >= 4 is 17.6 Å². The molecule has 0 spiro atoms. The molecule has 1 aliphatic rings. The first kappa shape index (κ1) is 17.7. The van der Waals surface area contributed by atoms with Crippen LogP contribution >= 0.6 is 0 Å². The van der Waals surface area contributed by atoms with Gasteiger partial charge in [0.05, 0.1) is 6.10 Å². The largest absolute Gasteiger partial charge is 0.409 e. The van der Waals surface area contributed by atoms with Gasteiger partial charge in [0, 0.05) is 24.2 Å². The number of piperidine rings is 1. The van der Waals surface area contributed by atoms with E-state index in [1.54, 1.807) is 24.0 Å². The van der Waals surface area contributed by atoms with Gasteiger partial charge in [-0.2, -0.15) is 0 Å². The third-order valence-corrected chi connectivity index (χ3v) is 4.02. The normalized spacial score (nSPS) is 17.4. The Balaban J connectivity index is 1.94. The average Bonchev–Trinajstić information content (AvgIpc) is 2.61. The van der Waals surface area contributed by atoms with Gasteiger partial charge >= 0.3 is 0 Å². The van der Waals surface area contributed by atoms with Crippen LogP contribution in [0.3, 0.4) is 0 Å². The lowest BCUT2D eigenvalue weighted by atomic mass is 10.1. The summed E-state index contributed by atoms with van der Waals surface area (Å²) in [5, 5.41) is 25.4. The second-order valence-corrected chi connectivity index (χ2v) is 5.78. The zero-order valence-corrected chi connectivity index (χ0v) is 13.4. The Kier molecular flexibility index (Phi) is 5.75. The topological polar surface area (TPSA) is 128 Å². The highest BCUT2D eigenvalue weighted by atomic mass is 16.4. The van der Waals surface area contributed by atoms with Crippen molar-refractivity contribution in [2.24, 2.45) is 10.9 Å². The average molecular weight is 333 g/mol. The summed E-state index contributed by atoms with van der Waals surface area (Å²) in [6, 6.07) is 5.49. The Hall–Kier alpha value is -2.61. The molecule has 2 rings (SSSR count). The molecule has 1 radical (unpaired) electrons. The van der Waals surface area contributed by atoms with Gasteiger partial charge in [-0.05, 0) is 31.9 Å². The summed E-state index contributed by atoms with van der Waals surface area (Å²) in [5.41, 5.74) is 6.31. The molecule has 8 nitrogen and oxygen atoms in total. The summed E-state index contributed by atoms with van der Waals surface area (Å²) in [6.45, 7) is 2.48. The van der Waals surface area contributed by atoms with Crippen LogP contribution in [0, 0.1) is 0 Å². The highest BCUT2D eigenvalue weighted by molar-refractivity contribution is 6.00. The fourth-order valence-corrected chi connectivity index (χ4v) is 2.54. The molecule has 1 aromatic carbocycles. The summed E-state index contributed by atoms with van der Waals surface area (Å²) < 4.78 is 0. The van der Waals surface area contributed by atoms with E-state index in [0.717, 1.165) is 0 Å². The van der Waals surface area contributed by atoms with Crippen molar-refractivity contribution in [2.45, 2.75) is 31.9 Å². The Morgan fingerprint density at radius 2 is 1.79 bits per heavy atom. The van der Waals surface area contributed by atoms with Crippen molar-refractivity contribution in [1.82, 2.24) is 10.2 Å². The SMILES string of the molecule is C[C@H](NC(=O)c1ccc(/C(N)=N/O)cc1)C(=O)N1CCC([O])CC1. The minimum absolute atomic E-state index is 0.0488. The van der Waals surface area contributed by atoms with Crippen molar-refractivity contribution in [3.05, 3.63) is 35.4 Å². The van der Waals surface area contributed by atoms with Gasteiger partial charge in [-0.1, -0.05) is 17.3 Å². The van der Waals surface area contributed by atoms with Crippen molar-refractivity contribution < 1.29 is 19.9 Å². The van der Waals surface area contributed by atoms with Gasteiger partial charge in [0.2, 0.25) is 5.91 Å². The predicted octanol–water partition coefficient (Wildman–Crippen LogP) is 0.321. The molecule has 1 fully saturated rings. The molecule has 0 saturated carbocycles. The number of amides is 2. The molecule has 0 unspecified atom stereocenters. The van der Waals surface area contributed by atoms with Crippen LogP contribution in [0.15, 0.2) is 29.4 Å². The van der Waals surface area contributed by atoms with Crippen LogP contribution in [-0.2, 0) is 9.90 Å². The van der Waals surface area contributed by atoms with Crippen molar-refractivity contribution in [1.29, 1.82) is 0 Å². The lowest BCUT2D eigenvalue weighted by Gasteiger charge is -2.31. The van der Waals surface area contributed by atoms with Crippen molar-refractivity contribution in [3.63, 3.8) is 0 Å². The monoisotopic (exact) mass is 333 g/mol. The molecule has 1 aromatic rings. The number of hydrogen-bond donors (Lipinski definition) is 3. The molecule has 0 aromatic heterocycles. The second-order valence-electron chi connectivity index (χ2n) is 5.78. The molecule has 0 aliphatic carbocycles. The molecule has 1 saturated heterocycles. The lowest BCUT2D eigenvalue weighted by molar-refractivity contribution is -0.135. The molecule has 1 heterocycles. The second kappa shape index (κ2) is 7.78. The number of nitrogens with zero attached hydrogens (tertiary/aromatic N) is 2. The minimum Gasteiger partial charge on any atom is -0.409 e. The zero-order valence-electron chi connectivity index (χ0n) is 13.4. The van der Waals surface area contributed by atoms with Crippen LogP contribution in [-0.4, -0.2) is 53.0 Å². The van der Waals surface area contributed by atoms with Crippen LogP contribution in [0.2, 0.25) is 0 Å². The minimum atomic E-state index is -0.676. The van der Waals surface area contributed by atoms with Crippen LogP contribution in [0.4, 0.5) is 0 Å². The predicted molar refractivity (Wildman–Crippen MR) is 86.2 cm³/mol. The zero-order chi connectivity index (χ0) is 17.7. The first-order valence-corrected chi connectivity index (χ1v) is 7.75. The number of carbonyl (C=O) groups excluding carboxylic acids is 2. The van der Waals surface area contributed by atoms with E-state index in [4.69, 9.17) is 10.9 Å². The van der Waals surface area contributed by atoms with Crippen LogP contribution < -0.4 is 11.1 Å². The fraction of sp³-hybridized carbons (Fsp3) is 0.438. The third kappa shape index (κ3) is 4.23. The Bertz CT molecular complexity index is 621. The van der Waals surface area contributed by atoms with Gasteiger partial charge in [-0.15, -0.1) is 0 Å². The number of oxime groups is 1. The van der Waals surface area contributed by atoms with Crippen molar-refractivity contribution in [3.8, 4) is 0 Å². The maximum atomic E-state index is 12.3. The van der Waals surface area contributed by atoms with Gasteiger partial charge in [-0.3, -0.25) is 9.59 Å². The molecule has 129 valence electrons. The molecule has 24 heavy (non-hydrogen) atoms.